The Bertz CT molecular complexity index is 486. The number of rotatable bonds is 3. The van der Waals surface area contributed by atoms with Crippen molar-refractivity contribution >= 4 is 11.4 Å². The van der Waals surface area contributed by atoms with Crippen molar-refractivity contribution in [1.82, 2.24) is 0 Å². The fourth-order valence-electron chi connectivity index (χ4n) is 2.01. The monoisotopic (exact) mass is 224 g/mol. The maximum atomic E-state index is 6.00. The number of hydrogen-bond acceptors (Lipinski definition) is 2. The molecule has 0 saturated heterocycles. The molecule has 0 aromatic heterocycles. The standard InChI is InChI=1S/C15H16N2/c1-2-11(12-7-3-5-9-14(12)16)13-8-4-6-10-15(13)17/h2-11H,1,16-17H2. The lowest BCUT2D eigenvalue weighted by Gasteiger charge is -2.17. The second-order valence-electron chi connectivity index (χ2n) is 3.97. The number of benzene rings is 2. The van der Waals surface area contributed by atoms with E-state index in [1.165, 1.54) is 0 Å². The fourth-order valence-corrected chi connectivity index (χ4v) is 2.01. The van der Waals surface area contributed by atoms with Crippen LogP contribution in [0.4, 0.5) is 11.4 Å². The number of nitrogens with two attached hydrogens (primary N) is 2. The summed E-state index contributed by atoms with van der Waals surface area (Å²) in [6.07, 6.45) is 1.87. The van der Waals surface area contributed by atoms with E-state index < -0.39 is 0 Å². The Kier molecular flexibility index (Phi) is 3.15. The third-order valence-electron chi connectivity index (χ3n) is 2.90. The van der Waals surface area contributed by atoms with Crippen LogP contribution >= 0.6 is 0 Å². The van der Waals surface area contributed by atoms with Gasteiger partial charge in [-0.3, -0.25) is 0 Å². The quantitative estimate of drug-likeness (QED) is 0.621. The third-order valence-corrected chi connectivity index (χ3v) is 2.90. The Morgan fingerprint density at radius 1 is 0.824 bits per heavy atom. The summed E-state index contributed by atoms with van der Waals surface area (Å²) in [6.45, 7) is 3.88. The van der Waals surface area contributed by atoms with Crippen LogP contribution in [-0.4, -0.2) is 0 Å². The highest BCUT2D eigenvalue weighted by Crippen LogP contribution is 2.32. The Morgan fingerprint density at radius 3 is 1.59 bits per heavy atom. The van der Waals surface area contributed by atoms with Crippen molar-refractivity contribution in [2.75, 3.05) is 11.5 Å². The van der Waals surface area contributed by atoms with E-state index in [0.717, 1.165) is 22.5 Å². The van der Waals surface area contributed by atoms with E-state index in [0.29, 0.717) is 0 Å². The molecule has 86 valence electrons. The number of nitrogen functional groups attached to an aromatic ring is 2. The molecule has 2 rings (SSSR count). The van der Waals surface area contributed by atoms with Gasteiger partial charge in [0.2, 0.25) is 0 Å². The summed E-state index contributed by atoms with van der Waals surface area (Å²) in [5, 5.41) is 0. The first-order valence-electron chi connectivity index (χ1n) is 5.55. The average Bonchev–Trinajstić information content (AvgIpc) is 2.34. The van der Waals surface area contributed by atoms with E-state index in [-0.39, 0.29) is 5.92 Å². The molecule has 2 aromatic rings. The normalized spacial score (nSPS) is 10.4. The Balaban J connectivity index is 2.52. The Morgan fingerprint density at radius 2 is 1.24 bits per heavy atom. The molecule has 4 N–H and O–H groups in total. The molecule has 0 radical (unpaired) electrons. The molecule has 0 heterocycles. The molecular weight excluding hydrogens is 208 g/mol. The molecule has 0 bridgehead atoms. The van der Waals surface area contributed by atoms with Crippen LogP contribution < -0.4 is 11.5 Å². The maximum Gasteiger partial charge on any atom is 0.0356 e. The molecule has 2 heteroatoms. The predicted molar refractivity (Wildman–Crippen MR) is 73.7 cm³/mol. The minimum atomic E-state index is 0.0393. The smallest absolute Gasteiger partial charge is 0.0356 e. The average molecular weight is 224 g/mol. The van der Waals surface area contributed by atoms with Gasteiger partial charge in [0, 0.05) is 17.3 Å². The van der Waals surface area contributed by atoms with Crippen LogP contribution in [0.2, 0.25) is 0 Å². The van der Waals surface area contributed by atoms with Crippen LogP contribution in [0, 0.1) is 0 Å². The van der Waals surface area contributed by atoms with Gasteiger partial charge in [0.1, 0.15) is 0 Å². The summed E-state index contributed by atoms with van der Waals surface area (Å²) in [5.41, 5.74) is 15.6. The lowest BCUT2D eigenvalue weighted by molar-refractivity contribution is 1.04. The van der Waals surface area contributed by atoms with E-state index in [1.807, 2.05) is 54.6 Å². The molecule has 0 fully saturated rings. The number of anilines is 2. The van der Waals surface area contributed by atoms with Gasteiger partial charge >= 0.3 is 0 Å². The van der Waals surface area contributed by atoms with Crippen molar-refractivity contribution < 1.29 is 0 Å². The van der Waals surface area contributed by atoms with E-state index in [4.69, 9.17) is 11.5 Å². The zero-order chi connectivity index (χ0) is 12.3. The summed E-state index contributed by atoms with van der Waals surface area (Å²) in [7, 11) is 0. The molecule has 0 spiro atoms. The molecule has 0 atom stereocenters. The minimum absolute atomic E-state index is 0.0393. The van der Waals surface area contributed by atoms with Gasteiger partial charge in [-0.1, -0.05) is 42.5 Å². The van der Waals surface area contributed by atoms with Gasteiger partial charge in [0.15, 0.2) is 0 Å². The first-order chi connectivity index (χ1) is 8.24. The van der Waals surface area contributed by atoms with E-state index >= 15 is 0 Å². The zero-order valence-corrected chi connectivity index (χ0v) is 9.64. The first-order valence-corrected chi connectivity index (χ1v) is 5.55. The van der Waals surface area contributed by atoms with Crippen molar-refractivity contribution in [3.8, 4) is 0 Å². The van der Waals surface area contributed by atoms with Crippen molar-refractivity contribution in [3.05, 3.63) is 72.3 Å². The van der Waals surface area contributed by atoms with Crippen molar-refractivity contribution in [3.63, 3.8) is 0 Å². The number of allylic oxidation sites excluding steroid dienone is 1. The van der Waals surface area contributed by atoms with E-state index in [1.54, 1.807) is 0 Å². The number of para-hydroxylation sites is 2. The second-order valence-corrected chi connectivity index (χ2v) is 3.97. The Hall–Kier alpha value is -2.22. The topological polar surface area (TPSA) is 52.0 Å². The third kappa shape index (κ3) is 2.16. The highest BCUT2D eigenvalue weighted by molar-refractivity contribution is 5.59. The van der Waals surface area contributed by atoms with Crippen LogP contribution in [0.25, 0.3) is 0 Å². The molecular formula is C15H16N2. The van der Waals surface area contributed by atoms with Crippen LogP contribution in [0.1, 0.15) is 17.0 Å². The largest absolute Gasteiger partial charge is 0.398 e. The summed E-state index contributed by atoms with van der Waals surface area (Å²) < 4.78 is 0. The lowest BCUT2D eigenvalue weighted by atomic mass is 9.89. The van der Waals surface area contributed by atoms with Crippen LogP contribution in [0.3, 0.4) is 0 Å². The molecule has 0 aliphatic carbocycles. The summed E-state index contributed by atoms with van der Waals surface area (Å²) in [6, 6.07) is 15.6. The summed E-state index contributed by atoms with van der Waals surface area (Å²) in [4.78, 5) is 0. The van der Waals surface area contributed by atoms with Gasteiger partial charge in [0.25, 0.3) is 0 Å². The van der Waals surface area contributed by atoms with E-state index in [9.17, 15) is 0 Å². The van der Waals surface area contributed by atoms with Gasteiger partial charge in [0.05, 0.1) is 0 Å². The molecule has 0 aliphatic heterocycles. The van der Waals surface area contributed by atoms with Crippen molar-refractivity contribution in [2.45, 2.75) is 5.92 Å². The summed E-state index contributed by atoms with van der Waals surface area (Å²) in [5.74, 6) is 0.0393. The Labute approximate surface area is 102 Å². The highest BCUT2D eigenvalue weighted by Gasteiger charge is 2.14. The molecule has 2 nitrogen and oxygen atoms in total. The van der Waals surface area contributed by atoms with Crippen molar-refractivity contribution in [1.29, 1.82) is 0 Å². The van der Waals surface area contributed by atoms with Gasteiger partial charge in [-0.2, -0.15) is 0 Å². The zero-order valence-electron chi connectivity index (χ0n) is 9.64. The molecule has 0 saturated carbocycles. The van der Waals surface area contributed by atoms with Gasteiger partial charge < -0.3 is 11.5 Å². The maximum absolute atomic E-state index is 6.00. The fraction of sp³-hybridized carbons (Fsp3) is 0.0667. The van der Waals surface area contributed by atoms with Crippen LogP contribution in [0.5, 0.6) is 0 Å². The minimum Gasteiger partial charge on any atom is -0.398 e. The van der Waals surface area contributed by atoms with Gasteiger partial charge in [-0.25, -0.2) is 0 Å². The van der Waals surface area contributed by atoms with Gasteiger partial charge in [-0.05, 0) is 23.3 Å². The molecule has 17 heavy (non-hydrogen) atoms. The number of hydrogen-bond donors (Lipinski definition) is 2. The van der Waals surface area contributed by atoms with E-state index in [2.05, 4.69) is 6.58 Å². The highest BCUT2D eigenvalue weighted by atomic mass is 14.6. The van der Waals surface area contributed by atoms with Crippen LogP contribution in [-0.2, 0) is 0 Å². The lowest BCUT2D eigenvalue weighted by Crippen LogP contribution is -2.04. The van der Waals surface area contributed by atoms with Crippen LogP contribution in [0.15, 0.2) is 61.2 Å². The first kappa shape index (κ1) is 11.3. The predicted octanol–water partition coefficient (Wildman–Crippen LogP) is 3.17. The second kappa shape index (κ2) is 4.74. The molecule has 0 amide bonds. The molecule has 2 aromatic carbocycles. The summed E-state index contributed by atoms with van der Waals surface area (Å²) >= 11 is 0. The van der Waals surface area contributed by atoms with Gasteiger partial charge in [-0.15, -0.1) is 6.58 Å². The molecule has 0 aliphatic rings. The SMILES string of the molecule is C=CC(c1ccccc1N)c1ccccc1N. The van der Waals surface area contributed by atoms with Crippen molar-refractivity contribution in [2.24, 2.45) is 0 Å². The molecule has 0 unspecified atom stereocenters.